The third kappa shape index (κ3) is 4.45. The molecule has 0 spiro atoms. The van der Waals surface area contributed by atoms with Gasteiger partial charge in [-0.05, 0) is 66.8 Å². The zero-order chi connectivity index (χ0) is 18.6. The number of aryl methyl sites for hydroxylation is 1. The highest BCUT2D eigenvalue weighted by molar-refractivity contribution is 7.89. The van der Waals surface area contributed by atoms with Crippen LogP contribution in [-0.4, -0.2) is 31.7 Å². The normalized spacial score (nSPS) is 11.9. The molecule has 0 aliphatic carbocycles. The molecule has 5 nitrogen and oxygen atoms in total. The lowest BCUT2D eigenvalue weighted by Gasteiger charge is -2.07. The minimum absolute atomic E-state index is 0.166. The number of halogens is 1. The fourth-order valence-corrected chi connectivity index (χ4v) is 4.04. The number of aliphatic hydroxyl groups is 1. The van der Waals surface area contributed by atoms with Gasteiger partial charge in [0.05, 0.1) is 4.90 Å². The summed E-state index contributed by atoms with van der Waals surface area (Å²) in [4.78, 5) is 3.43. The van der Waals surface area contributed by atoms with E-state index in [1.165, 1.54) is 12.1 Å². The predicted molar refractivity (Wildman–Crippen MR) is 104 cm³/mol. The number of rotatable bonds is 8. The molecule has 0 saturated carbocycles. The molecular weight excluding hydrogens is 372 g/mol. The first-order valence-electron chi connectivity index (χ1n) is 8.44. The number of aromatic amines is 1. The van der Waals surface area contributed by atoms with Gasteiger partial charge in [0.2, 0.25) is 10.0 Å². The molecule has 0 radical (unpaired) electrons. The maximum atomic E-state index is 12.3. The van der Waals surface area contributed by atoms with Gasteiger partial charge in [0.25, 0.3) is 0 Å². The Bertz CT molecular complexity index is 982. The third-order valence-electron chi connectivity index (χ3n) is 4.27. The van der Waals surface area contributed by atoms with Crippen molar-refractivity contribution in [2.24, 2.45) is 0 Å². The second-order valence-electron chi connectivity index (χ2n) is 6.12. The number of fused-ring (bicyclic) bond motifs is 1. The molecule has 3 rings (SSSR count). The van der Waals surface area contributed by atoms with E-state index < -0.39 is 10.0 Å². The molecular formula is C19H21ClN2O3S. The highest BCUT2D eigenvalue weighted by atomic mass is 35.5. The van der Waals surface area contributed by atoms with E-state index in [1.54, 1.807) is 12.1 Å². The zero-order valence-electron chi connectivity index (χ0n) is 14.2. The summed E-state index contributed by atoms with van der Waals surface area (Å²) in [5.74, 6) is 0. The number of hydrogen-bond acceptors (Lipinski definition) is 3. The molecule has 3 N–H and O–H groups in total. The molecule has 7 heteroatoms. The molecule has 0 aliphatic heterocycles. The molecule has 1 aromatic heterocycles. The summed E-state index contributed by atoms with van der Waals surface area (Å²) in [7, 11) is -3.54. The maximum absolute atomic E-state index is 12.3. The number of H-pyrrole nitrogens is 1. The van der Waals surface area contributed by atoms with Gasteiger partial charge in [-0.1, -0.05) is 17.7 Å². The van der Waals surface area contributed by atoms with E-state index in [0.717, 1.165) is 34.9 Å². The van der Waals surface area contributed by atoms with Crippen LogP contribution >= 0.6 is 11.6 Å². The Morgan fingerprint density at radius 1 is 1.08 bits per heavy atom. The molecule has 0 aliphatic rings. The van der Waals surface area contributed by atoms with Gasteiger partial charge in [-0.2, -0.15) is 0 Å². The second kappa shape index (κ2) is 8.22. The van der Waals surface area contributed by atoms with Crippen LogP contribution in [0.4, 0.5) is 0 Å². The molecule has 0 unspecified atom stereocenters. The van der Waals surface area contributed by atoms with E-state index in [-0.39, 0.29) is 11.5 Å². The Hall–Kier alpha value is -1.86. The van der Waals surface area contributed by atoms with Crippen LogP contribution in [0, 0.1) is 0 Å². The predicted octanol–water partition coefficient (Wildman–Crippen LogP) is 3.27. The van der Waals surface area contributed by atoms with E-state index in [2.05, 4.69) is 15.8 Å². The van der Waals surface area contributed by atoms with Crippen LogP contribution in [0.3, 0.4) is 0 Å². The SMILES string of the molecule is O=S(=O)(NCCc1ccc2[nH]cc(CCCO)c2c1)c1ccc(Cl)cc1. The minimum atomic E-state index is -3.54. The highest BCUT2D eigenvalue weighted by Crippen LogP contribution is 2.21. The zero-order valence-corrected chi connectivity index (χ0v) is 15.8. The van der Waals surface area contributed by atoms with Crippen molar-refractivity contribution in [3.8, 4) is 0 Å². The van der Waals surface area contributed by atoms with E-state index in [0.29, 0.717) is 18.0 Å². The van der Waals surface area contributed by atoms with Gasteiger partial charge in [0.1, 0.15) is 0 Å². The van der Waals surface area contributed by atoms with Crippen molar-refractivity contribution in [3.05, 3.63) is 64.8 Å². The van der Waals surface area contributed by atoms with Crippen molar-refractivity contribution < 1.29 is 13.5 Å². The first-order valence-corrected chi connectivity index (χ1v) is 10.3. The largest absolute Gasteiger partial charge is 0.396 e. The van der Waals surface area contributed by atoms with Crippen molar-refractivity contribution in [1.29, 1.82) is 0 Å². The number of hydrogen-bond donors (Lipinski definition) is 3. The van der Waals surface area contributed by atoms with Crippen molar-refractivity contribution in [3.63, 3.8) is 0 Å². The Balaban J connectivity index is 1.66. The molecule has 138 valence electrons. The smallest absolute Gasteiger partial charge is 0.240 e. The Labute approximate surface area is 158 Å². The monoisotopic (exact) mass is 392 g/mol. The lowest BCUT2D eigenvalue weighted by atomic mass is 10.0. The standard InChI is InChI=1S/C19H21ClN2O3S/c20-16-4-6-17(7-5-16)26(24,25)22-10-9-14-3-8-19-18(12-14)15(13-21-19)2-1-11-23/h3-8,12-13,21-23H,1-2,9-11H2. The minimum Gasteiger partial charge on any atom is -0.396 e. The van der Waals surface area contributed by atoms with Crippen LogP contribution in [0.25, 0.3) is 10.9 Å². The number of sulfonamides is 1. The summed E-state index contributed by atoms with van der Waals surface area (Å²) >= 11 is 5.80. The summed E-state index contributed by atoms with van der Waals surface area (Å²) < 4.78 is 27.2. The van der Waals surface area contributed by atoms with E-state index in [9.17, 15) is 8.42 Å². The second-order valence-corrected chi connectivity index (χ2v) is 8.33. The third-order valence-corrected chi connectivity index (χ3v) is 5.99. The molecule has 26 heavy (non-hydrogen) atoms. The fraction of sp³-hybridized carbons (Fsp3) is 0.263. The number of aliphatic hydroxyl groups excluding tert-OH is 1. The van der Waals surface area contributed by atoms with Gasteiger partial charge in [-0.3, -0.25) is 0 Å². The van der Waals surface area contributed by atoms with Crippen LogP contribution in [0.2, 0.25) is 5.02 Å². The van der Waals surface area contributed by atoms with Gasteiger partial charge in [0.15, 0.2) is 0 Å². The molecule has 0 saturated heterocycles. The van der Waals surface area contributed by atoms with Crippen molar-refractivity contribution in [2.45, 2.75) is 24.2 Å². The van der Waals surface area contributed by atoms with Crippen LogP contribution in [0.1, 0.15) is 17.5 Å². The quantitative estimate of drug-likeness (QED) is 0.550. The summed E-state index contributed by atoms with van der Waals surface area (Å²) in [6, 6.07) is 12.2. The van der Waals surface area contributed by atoms with Crippen LogP contribution in [0.15, 0.2) is 53.6 Å². The lowest BCUT2D eigenvalue weighted by molar-refractivity contribution is 0.289. The van der Waals surface area contributed by atoms with Crippen molar-refractivity contribution in [2.75, 3.05) is 13.2 Å². The molecule has 1 heterocycles. The van der Waals surface area contributed by atoms with Crippen LogP contribution in [-0.2, 0) is 22.9 Å². The number of aromatic nitrogens is 1. The van der Waals surface area contributed by atoms with E-state index in [4.69, 9.17) is 16.7 Å². The molecule has 0 fully saturated rings. The summed E-state index contributed by atoms with van der Waals surface area (Å²) in [6.07, 6.45) is 4.09. The Morgan fingerprint density at radius 3 is 2.58 bits per heavy atom. The maximum Gasteiger partial charge on any atom is 0.240 e. The summed E-state index contributed by atoms with van der Waals surface area (Å²) in [6.45, 7) is 0.478. The van der Waals surface area contributed by atoms with E-state index >= 15 is 0 Å². The average molecular weight is 393 g/mol. The lowest BCUT2D eigenvalue weighted by Crippen LogP contribution is -2.25. The topological polar surface area (TPSA) is 82.2 Å². The molecule has 3 aromatic rings. The average Bonchev–Trinajstić information content (AvgIpc) is 3.02. The van der Waals surface area contributed by atoms with Gasteiger partial charge in [-0.15, -0.1) is 0 Å². The van der Waals surface area contributed by atoms with Crippen LogP contribution in [0.5, 0.6) is 0 Å². The van der Waals surface area contributed by atoms with Gasteiger partial charge in [-0.25, -0.2) is 13.1 Å². The first kappa shape index (κ1) is 18.9. The highest BCUT2D eigenvalue weighted by Gasteiger charge is 2.13. The van der Waals surface area contributed by atoms with E-state index in [1.807, 2.05) is 18.3 Å². The first-order chi connectivity index (χ1) is 12.5. The van der Waals surface area contributed by atoms with Gasteiger partial charge in [0, 0.05) is 35.3 Å². The fourth-order valence-electron chi connectivity index (χ4n) is 2.88. The van der Waals surface area contributed by atoms with Crippen molar-refractivity contribution in [1.82, 2.24) is 9.71 Å². The van der Waals surface area contributed by atoms with Crippen molar-refractivity contribution >= 4 is 32.5 Å². The number of benzene rings is 2. The van der Waals surface area contributed by atoms with Gasteiger partial charge < -0.3 is 10.1 Å². The molecule has 0 amide bonds. The number of nitrogens with one attached hydrogen (secondary N) is 2. The van der Waals surface area contributed by atoms with Crippen LogP contribution < -0.4 is 4.72 Å². The summed E-state index contributed by atoms with van der Waals surface area (Å²) in [5.41, 5.74) is 3.27. The summed E-state index contributed by atoms with van der Waals surface area (Å²) in [5, 5.41) is 10.6. The molecule has 0 bridgehead atoms. The van der Waals surface area contributed by atoms with Gasteiger partial charge >= 0.3 is 0 Å². The molecule has 0 atom stereocenters. The Kier molecular flexibility index (Phi) is 5.98. The molecule has 2 aromatic carbocycles. The Morgan fingerprint density at radius 2 is 1.85 bits per heavy atom.